The second-order valence-electron chi connectivity index (χ2n) is 4.26. The highest BCUT2D eigenvalue weighted by Gasteiger charge is 2.17. The topological polar surface area (TPSA) is 68.1 Å². The lowest BCUT2D eigenvalue weighted by Gasteiger charge is -2.13. The molecule has 0 saturated heterocycles. The SMILES string of the molecule is CCOc1cc(C=NO)cc(Cl)c1OC(=O)c1ccccc1. The van der Waals surface area contributed by atoms with Gasteiger partial charge in [0.15, 0.2) is 11.5 Å². The molecule has 0 bridgehead atoms. The summed E-state index contributed by atoms with van der Waals surface area (Å²) in [6, 6.07) is 11.6. The minimum absolute atomic E-state index is 0.132. The molecule has 0 aromatic heterocycles. The number of carbonyl (C=O) groups excluding carboxylic acids is 1. The van der Waals surface area contributed by atoms with E-state index in [4.69, 9.17) is 26.3 Å². The molecule has 2 aromatic rings. The molecule has 5 nitrogen and oxygen atoms in total. The third-order valence-corrected chi connectivity index (χ3v) is 3.02. The Balaban J connectivity index is 2.35. The highest BCUT2D eigenvalue weighted by atomic mass is 35.5. The van der Waals surface area contributed by atoms with E-state index < -0.39 is 5.97 Å². The maximum absolute atomic E-state index is 12.1. The second kappa shape index (κ2) is 7.47. The van der Waals surface area contributed by atoms with Crippen molar-refractivity contribution in [2.24, 2.45) is 5.16 Å². The zero-order valence-electron chi connectivity index (χ0n) is 11.8. The van der Waals surface area contributed by atoms with E-state index in [2.05, 4.69) is 5.16 Å². The number of rotatable bonds is 5. The van der Waals surface area contributed by atoms with Crippen LogP contribution in [0.3, 0.4) is 0 Å². The van der Waals surface area contributed by atoms with Gasteiger partial charge in [-0.25, -0.2) is 4.79 Å². The first-order chi connectivity index (χ1) is 10.7. The lowest BCUT2D eigenvalue weighted by Crippen LogP contribution is -2.10. The molecular weight excluding hydrogens is 306 g/mol. The summed E-state index contributed by atoms with van der Waals surface area (Å²) in [5.41, 5.74) is 0.928. The van der Waals surface area contributed by atoms with Crippen molar-refractivity contribution in [1.29, 1.82) is 0 Å². The molecule has 114 valence electrons. The Morgan fingerprint density at radius 2 is 2.05 bits per heavy atom. The second-order valence-corrected chi connectivity index (χ2v) is 4.67. The Bertz CT molecular complexity index is 686. The summed E-state index contributed by atoms with van der Waals surface area (Å²) in [5, 5.41) is 11.7. The van der Waals surface area contributed by atoms with Gasteiger partial charge in [0.2, 0.25) is 0 Å². The van der Waals surface area contributed by atoms with Crippen molar-refractivity contribution in [1.82, 2.24) is 0 Å². The number of hydrogen-bond donors (Lipinski definition) is 1. The summed E-state index contributed by atoms with van der Waals surface area (Å²) >= 11 is 6.14. The number of carbonyl (C=O) groups is 1. The molecule has 0 saturated carbocycles. The van der Waals surface area contributed by atoms with E-state index in [-0.39, 0.29) is 10.8 Å². The molecule has 0 heterocycles. The fraction of sp³-hybridized carbons (Fsp3) is 0.125. The lowest BCUT2D eigenvalue weighted by molar-refractivity contribution is 0.0728. The van der Waals surface area contributed by atoms with Crippen LogP contribution < -0.4 is 9.47 Å². The van der Waals surface area contributed by atoms with Crippen molar-refractivity contribution >= 4 is 23.8 Å². The van der Waals surface area contributed by atoms with E-state index in [1.165, 1.54) is 12.3 Å². The molecule has 0 amide bonds. The van der Waals surface area contributed by atoms with Crippen LogP contribution in [0.25, 0.3) is 0 Å². The van der Waals surface area contributed by atoms with Crippen molar-refractivity contribution in [3.05, 3.63) is 58.6 Å². The van der Waals surface area contributed by atoms with E-state index in [1.807, 2.05) is 0 Å². The van der Waals surface area contributed by atoms with E-state index in [1.54, 1.807) is 43.3 Å². The first-order valence-electron chi connectivity index (χ1n) is 6.56. The fourth-order valence-electron chi connectivity index (χ4n) is 1.82. The Morgan fingerprint density at radius 3 is 2.68 bits per heavy atom. The molecule has 2 aromatic carbocycles. The van der Waals surface area contributed by atoms with Gasteiger partial charge >= 0.3 is 5.97 Å². The van der Waals surface area contributed by atoms with Gasteiger partial charge in [-0.1, -0.05) is 35.0 Å². The maximum atomic E-state index is 12.1. The van der Waals surface area contributed by atoms with Gasteiger partial charge in [0.1, 0.15) is 0 Å². The summed E-state index contributed by atoms with van der Waals surface area (Å²) in [6.45, 7) is 2.16. The normalized spacial score (nSPS) is 10.6. The molecule has 0 aliphatic heterocycles. The Labute approximate surface area is 132 Å². The van der Waals surface area contributed by atoms with Gasteiger partial charge in [-0.3, -0.25) is 0 Å². The van der Waals surface area contributed by atoms with Crippen LogP contribution in [0.4, 0.5) is 0 Å². The lowest BCUT2D eigenvalue weighted by atomic mass is 10.2. The van der Waals surface area contributed by atoms with Crippen LogP contribution in [0.5, 0.6) is 11.5 Å². The number of halogens is 1. The summed E-state index contributed by atoms with van der Waals surface area (Å²) in [7, 11) is 0. The number of oxime groups is 1. The first kappa shape index (κ1) is 15.9. The molecule has 2 rings (SSSR count). The van der Waals surface area contributed by atoms with Crippen molar-refractivity contribution in [3.63, 3.8) is 0 Å². The minimum Gasteiger partial charge on any atom is -0.490 e. The van der Waals surface area contributed by atoms with Crippen molar-refractivity contribution in [3.8, 4) is 11.5 Å². The van der Waals surface area contributed by atoms with E-state index in [9.17, 15) is 4.79 Å². The van der Waals surface area contributed by atoms with Gasteiger partial charge in [0, 0.05) is 5.56 Å². The molecule has 22 heavy (non-hydrogen) atoms. The summed E-state index contributed by atoms with van der Waals surface area (Å²) in [6.07, 6.45) is 1.21. The van der Waals surface area contributed by atoms with Crippen LogP contribution in [0.15, 0.2) is 47.6 Å². The van der Waals surface area contributed by atoms with Crippen LogP contribution >= 0.6 is 11.6 Å². The van der Waals surface area contributed by atoms with Gasteiger partial charge < -0.3 is 14.7 Å². The number of esters is 1. The third kappa shape index (κ3) is 3.77. The Morgan fingerprint density at radius 1 is 1.32 bits per heavy atom. The molecule has 0 aliphatic rings. The largest absolute Gasteiger partial charge is 0.490 e. The smallest absolute Gasteiger partial charge is 0.343 e. The van der Waals surface area contributed by atoms with Gasteiger partial charge in [-0.15, -0.1) is 0 Å². The van der Waals surface area contributed by atoms with Crippen molar-refractivity contribution < 1.29 is 19.5 Å². The minimum atomic E-state index is -0.535. The molecule has 0 radical (unpaired) electrons. The number of nitrogens with zero attached hydrogens (tertiary/aromatic N) is 1. The number of hydrogen-bond acceptors (Lipinski definition) is 5. The van der Waals surface area contributed by atoms with E-state index >= 15 is 0 Å². The van der Waals surface area contributed by atoms with Gasteiger partial charge in [-0.2, -0.15) is 0 Å². The average molecular weight is 320 g/mol. The zero-order chi connectivity index (χ0) is 15.9. The molecule has 1 N–H and O–H groups in total. The van der Waals surface area contributed by atoms with Crippen LogP contribution in [0.2, 0.25) is 5.02 Å². The molecule has 0 atom stereocenters. The molecule has 0 unspecified atom stereocenters. The average Bonchev–Trinajstić information content (AvgIpc) is 2.52. The predicted molar refractivity (Wildman–Crippen MR) is 83.4 cm³/mol. The van der Waals surface area contributed by atoms with E-state index in [0.29, 0.717) is 23.5 Å². The predicted octanol–water partition coefficient (Wildman–Crippen LogP) is 3.77. The van der Waals surface area contributed by atoms with Crippen molar-refractivity contribution in [2.45, 2.75) is 6.92 Å². The van der Waals surface area contributed by atoms with Gasteiger partial charge in [0.25, 0.3) is 0 Å². The van der Waals surface area contributed by atoms with Crippen LogP contribution in [-0.4, -0.2) is 24.0 Å². The molecular formula is C16H14ClNO4. The standard InChI is InChI=1S/C16H14ClNO4/c1-2-21-14-9-11(10-18-20)8-13(17)15(14)22-16(19)12-6-4-3-5-7-12/h3-10,20H,2H2,1H3. The zero-order valence-corrected chi connectivity index (χ0v) is 12.6. The van der Waals surface area contributed by atoms with Crippen LogP contribution in [0.1, 0.15) is 22.8 Å². The Hall–Kier alpha value is -2.53. The van der Waals surface area contributed by atoms with Crippen molar-refractivity contribution in [2.75, 3.05) is 6.61 Å². The maximum Gasteiger partial charge on any atom is 0.343 e. The third-order valence-electron chi connectivity index (χ3n) is 2.74. The molecule has 0 aliphatic carbocycles. The Kier molecular flexibility index (Phi) is 5.38. The van der Waals surface area contributed by atoms with E-state index in [0.717, 1.165) is 0 Å². The monoisotopic (exact) mass is 319 g/mol. The van der Waals surface area contributed by atoms with Crippen LogP contribution in [0, 0.1) is 0 Å². The quantitative estimate of drug-likeness (QED) is 0.299. The highest BCUT2D eigenvalue weighted by Crippen LogP contribution is 2.36. The molecule has 0 fully saturated rings. The summed E-state index contributed by atoms with van der Waals surface area (Å²) in [4.78, 5) is 12.1. The summed E-state index contributed by atoms with van der Waals surface area (Å²) < 4.78 is 10.8. The molecule has 6 heteroatoms. The van der Waals surface area contributed by atoms with Gasteiger partial charge in [0.05, 0.1) is 23.4 Å². The van der Waals surface area contributed by atoms with Crippen LogP contribution in [-0.2, 0) is 0 Å². The number of ether oxygens (including phenoxy) is 2. The number of benzene rings is 2. The van der Waals surface area contributed by atoms with Gasteiger partial charge in [-0.05, 0) is 31.2 Å². The summed E-state index contributed by atoms with van der Waals surface area (Å²) in [5.74, 6) is -0.103. The molecule has 0 spiro atoms. The first-order valence-corrected chi connectivity index (χ1v) is 6.94. The highest BCUT2D eigenvalue weighted by molar-refractivity contribution is 6.32. The fourth-order valence-corrected chi connectivity index (χ4v) is 2.07.